The van der Waals surface area contributed by atoms with Crippen LogP contribution in [0.4, 0.5) is 4.39 Å². The van der Waals surface area contributed by atoms with Crippen molar-refractivity contribution in [2.45, 2.75) is 25.2 Å². The molecule has 0 aliphatic carbocycles. The van der Waals surface area contributed by atoms with Gasteiger partial charge in [0, 0.05) is 30.6 Å². The lowest BCUT2D eigenvalue weighted by Gasteiger charge is -2.31. The molecule has 0 spiro atoms. The summed E-state index contributed by atoms with van der Waals surface area (Å²) in [5, 5.41) is 0.697. The van der Waals surface area contributed by atoms with E-state index in [4.69, 9.17) is 20.8 Å². The zero-order valence-corrected chi connectivity index (χ0v) is 17.1. The van der Waals surface area contributed by atoms with Crippen LogP contribution in [0, 0.1) is 5.82 Å². The van der Waals surface area contributed by atoms with Crippen LogP contribution in [0.25, 0.3) is 0 Å². The fourth-order valence-electron chi connectivity index (χ4n) is 3.62. The molecule has 0 N–H and O–H groups in total. The molecule has 2 aromatic carbocycles. The molecule has 0 unspecified atom stereocenters. The Kier molecular flexibility index (Phi) is 6.33. The number of likely N-dealkylation sites (tertiary alicyclic amines) is 1. The first-order valence-corrected chi connectivity index (χ1v) is 10.3. The van der Waals surface area contributed by atoms with Crippen LogP contribution in [0.15, 0.2) is 59.1 Å². The van der Waals surface area contributed by atoms with Crippen LogP contribution in [-0.2, 0) is 11.2 Å². The number of benzene rings is 2. The van der Waals surface area contributed by atoms with Crippen LogP contribution in [0.1, 0.15) is 36.0 Å². The molecule has 1 atom stereocenters. The second kappa shape index (κ2) is 9.30. The van der Waals surface area contributed by atoms with E-state index in [0.29, 0.717) is 36.2 Å². The number of rotatable bonds is 6. The maximum atomic E-state index is 13.2. The van der Waals surface area contributed by atoms with Crippen molar-refractivity contribution in [3.8, 4) is 5.75 Å². The van der Waals surface area contributed by atoms with Gasteiger partial charge in [0.15, 0.2) is 12.5 Å². The number of hydrogen-bond donors (Lipinski definition) is 0. The average Bonchev–Trinajstić information content (AvgIpc) is 3.22. The minimum atomic E-state index is -0.394. The molecule has 4 rings (SSSR count). The number of halogens is 2. The average molecular weight is 429 g/mol. The maximum Gasteiger partial charge on any atom is 0.260 e. The summed E-state index contributed by atoms with van der Waals surface area (Å²) < 4.78 is 24.7. The molecular formula is C23H22ClFN2O3. The molecule has 2 heterocycles. The molecule has 5 nitrogen and oxygen atoms in total. The lowest BCUT2D eigenvalue weighted by molar-refractivity contribution is -0.134. The van der Waals surface area contributed by atoms with Gasteiger partial charge in [-0.15, -0.1) is 0 Å². The smallest absolute Gasteiger partial charge is 0.260 e. The van der Waals surface area contributed by atoms with E-state index in [2.05, 4.69) is 4.98 Å². The third-order valence-electron chi connectivity index (χ3n) is 5.18. The Bertz CT molecular complexity index is 1020. The summed E-state index contributed by atoms with van der Waals surface area (Å²) in [4.78, 5) is 18.8. The van der Waals surface area contributed by atoms with Crippen LogP contribution >= 0.6 is 11.6 Å². The number of carbonyl (C=O) groups excluding carboxylic acids is 1. The largest absolute Gasteiger partial charge is 0.484 e. The predicted octanol–water partition coefficient (Wildman–Crippen LogP) is 4.84. The Balaban J connectivity index is 1.35. The van der Waals surface area contributed by atoms with Crippen molar-refractivity contribution in [3.05, 3.63) is 82.8 Å². The van der Waals surface area contributed by atoms with Crippen LogP contribution < -0.4 is 4.74 Å². The number of oxazole rings is 1. The Morgan fingerprint density at radius 3 is 2.97 bits per heavy atom. The first-order chi connectivity index (χ1) is 14.6. The lowest BCUT2D eigenvalue weighted by Crippen LogP contribution is -2.41. The molecule has 1 aliphatic heterocycles. The predicted molar refractivity (Wildman–Crippen MR) is 111 cm³/mol. The highest BCUT2D eigenvalue weighted by molar-refractivity contribution is 6.31. The Labute approximate surface area is 179 Å². The van der Waals surface area contributed by atoms with Gasteiger partial charge in [0.25, 0.3) is 5.91 Å². The van der Waals surface area contributed by atoms with Gasteiger partial charge in [0.2, 0.25) is 0 Å². The standard InChI is InChI=1S/C23H22ClFN2O3/c24-21-9-2-1-5-16(21)11-20-13-26-23(30-20)17-6-4-10-27(14-17)22(28)15-29-19-8-3-7-18(25)12-19/h1-3,5,7-9,12-13,17H,4,6,10-11,14-15H2/t17-/m0/s1. The number of aromatic nitrogens is 1. The Morgan fingerprint density at radius 2 is 2.13 bits per heavy atom. The van der Waals surface area contributed by atoms with E-state index in [1.165, 1.54) is 12.1 Å². The molecule has 30 heavy (non-hydrogen) atoms. The summed E-state index contributed by atoms with van der Waals surface area (Å²) in [7, 11) is 0. The van der Waals surface area contributed by atoms with Gasteiger partial charge in [-0.1, -0.05) is 35.9 Å². The first-order valence-electron chi connectivity index (χ1n) is 9.92. The zero-order chi connectivity index (χ0) is 20.9. The van der Waals surface area contributed by atoms with E-state index < -0.39 is 5.82 Å². The number of carbonyl (C=O) groups is 1. The minimum Gasteiger partial charge on any atom is -0.484 e. The number of nitrogens with zero attached hydrogens (tertiary/aromatic N) is 2. The SMILES string of the molecule is O=C(COc1cccc(F)c1)N1CCC[C@H](c2ncc(Cc3ccccc3Cl)o2)C1. The maximum absolute atomic E-state index is 13.2. The monoisotopic (exact) mass is 428 g/mol. The molecular weight excluding hydrogens is 407 g/mol. The van der Waals surface area contributed by atoms with Crippen molar-refractivity contribution in [2.75, 3.05) is 19.7 Å². The van der Waals surface area contributed by atoms with E-state index in [1.54, 1.807) is 23.2 Å². The number of amides is 1. The molecule has 1 aliphatic rings. The summed E-state index contributed by atoms with van der Waals surface area (Å²) in [5.74, 6) is 1.24. The van der Waals surface area contributed by atoms with Crippen molar-refractivity contribution in [1.29, 1.82) is 0 Å². The van der Waals surface area contributed by atoms with Gasteiger partial charge in [-0.05, 0) is 36.6 Å². The highest BCUT2D eigenvalue weighted by Gasteiger charge is 2.28. The number of piperidine rings is 1. The van der Waals surface area contributed by atoms with Crippen LogP contribution in [0.5, 0.6) is 5.75 Å². The summed E-state index contributed by atoms with van der Waals surface area (Å²) >= 11 is 6.23. The molecule has 0 saturated carbocycles. The quantitative estimate of drug-likeness (QED) is 0.563. The van der Waals surface area contributed by atoms with Crippen molar-refractivity contribution in [3.63, 3.8) is 0 Å². The highest BCUT2D eigenvalue weighted by Crippen LogP contribution is 2.28. The summed E-state index contributed by atoms with van der Waals surface area (Å²) in [6.07, 6.45) is 4.06. The van der Waals surface area contributed by atoms with E-state index in [0.717, 1.165) is 24.2 Å². The molecule has 7 heteroatoms. The van der Waals surface area contributed by atoms with E-state index in [-0.39, 0.29) is 18.4 Å². The van der Waals surface area contributed by atoms with Crippen molar-refractivity contribution < 1.29 is 18.3 Å². The van der Waals surface area contributed by atoms with Gasteiger partial charge in [0.1, 0.15) is 17.3 Å². The van der Waals surface area contributed by atoms with Gasteiger partial charge in [-0.2, -0.15) is 0 Å². The van der Waals surface area contributed by atoms with Crippen LogP contribution in [0.3, 0.4) is 0 Å². The van der Waals surface area contributed by atoms with Crippen molar-refractivity contribution in [2.24, 2.45) is 0 Å². The third kappa shape index (κ3) is 5.00. The van der Waals surface area contributed by atoms with Crippen LogP contribution in [0.2, 0.25) is 5.02 Å². The number of ether oxygens (including phenoxy) is 1. The van der Waals surface area contributed by atoms with Gasteiger partial charge >= 0.3 is 0 Å². The summed E-state index contributed by atoms with van der Waals surface area (Å²) in [6.45, 7) is 1.06. The summed E-state index contributed by atoms with van der Waals surface area (Å²) in [6, 6.07) is 13.4. The molecule has 156 valence electrons. The van der Waals surface area contributed by atoms with Crippen molar-refractivity contribution in [1.82, 2.24) is 9.88 Å². The molecule has 0 radical (unpaired) electrons. The summed E-state index contributed by atoms with van der Waals surface area (Å²) in [5.41, 5.74) is 0.983. The topological polar surface area (TPSA) is 55.6 Å². The van der Waals surface area contributed by atoms with Crippen molar-refractivity contribution >= 4 is 17.5 Å². The van der Waals surface area contributed by atoms with Crippen LogP contribution in [-0.4, -0.2) is 35.5 Å². The lowest BCUT2D eigenvalue weighted by atomic mass is 9.98. The van der Waals surface area contributed by atoms with E-state index >= 15 is 0 Å². The second-order valence-electron chi connectivity index (χ2n) is 7.36. The van der Waals surface area contributed by atoms with Gasteiger partial charge < -0.3 is 14.1 Å². The first kappa shape index (κ1) is 20.4. The molecule has 1 saturated heterocycles. The van der Waals surface area contributed by atoms with Gasteiger partial charge in [0.05, 0.1) is 12.1 Å². The van der Waals surface area contributed by atoms with Gasteiger partial charge in [-0.3, -0.25) is 4.79 Å². The van der Waals surface area contributed by atoms with E-state index in [1.807, 2.05) is 24.3 Å². The minimum absolute atomic E-state index is 0.0388. The second-order valence-corrected chi connectivity index (χ2v) is 7.77. The highest BCUT2D eigenvalue weighted by atomic mass is 35.5. The van der Waals surface area contributed by atoms with E-state index in [9.17, 15) is 9.18 Å². The molecule has 1 amide bonds. The normalized spacial score (nSPS) is 16.5. The fraction of sp³-hybridized carbons (Fsp3) is 0.304. The Hall–Kier alpha value is -2.86. The molecule has 1 fully saturated rings. The zero-order valence-electron chi connectivity index (χ0n) is 16.4. The molecule has 3 aromatic rings. The number of hydrogen-bond acceptors (Lipinski definition) is 4. The molecule has 1 aromatic heterocycles. The fourth-order valence-corrected chi connectivity index (χ4v) is 3.82. The third-order valence-corrected chi connectivity index (χ3v) is 5.54. The van der Waals surface area contributed by atoms with Gasteiger partial charge in [-0.25, -0.2) is 9.37 Å². The molecule has 0 bridgehead atoms. The Morgan fingerprint density at radius 1 is 1.27 bits per heavy atom.